The molecular formula is C71H67N4OPt-3. The summed E-state index contributed by atoms with van der Waals surface area (Å²) in [7, 11) is 0. The molecule has 0 radical (unpaired) electrons. The van der Waals surface area contributed by atoms with Crippen LogP contribution in [0.15, 0.2) is 170 Å². The van der Waals surface area contributed by atoms with Crippen molar-refractivity contribution in [3.8, 4) is 28.4 Å². The van der Waals surface area contributed by atoms with Gasteiger partial charge in [-0.15, -0.1) is 35.7 Å². The summed E-state index contributed by atoms with van der Waals surface area (Å²) in [5, 5.41) is 8.94. The fourth-order valence-corrected chi connectivity index (χ4v) is 11.1. The summed E-state index contributed by atoms with van der Waals surface area (Å²) in [6, 6.07) is 65.9. The van der Waals surface area contributed by atoms with E-state index in [1.165, 1.54) is 11.1 Å². The van der Waals surface area contributed by atoms with Gasteiger partial charge in [0.25, 0.3) is 0 Å². The number of anilines is 2. The second-order valence-corrected chi connectivity index (χ2v) is 24.8. The molecule has 0 aliphatic carbocycles. The van der Waals surface area contributed by atoms with Crippen molar-refractivity contribution in [3.63, 3.8) is 0 Å². The number of hydrogen-bond donors (Lipinski definition) is 0. The minimum Gasteiger partial charge on any atom is -0.509 e. The van der Waals surface area contributed by atoms with Gasteiger partial charge in [-0.1, -0.05) is 203 Å². The van der Waals surface area contributed by atoms with Gasteiger partial charge in [0.05, 0.1) is 0 Å². The second-order valence-electron chi connectivity index (χ2n) is 24.8. The molecule has 1 aliphatic heterocycles. The number of pyridine rings is 1. The van der Waals surface area contributed by atoms with E-state index in [0.717, 1.165) is 99.0 Å². The number of fused-ring (bicyclic) bond motifs is 10. The zero-order chi connectivity index (χ0) is 54.8. The third-order valence-corrected chi connectivity index (χ3v) is 15.0. The Kier molecular flexibility index (Phi) is 12.1. The number of hydrogen-bond acceptors (Lipinski definition) is 3. The standard InChI is InChI=1S/C71H67N4O.Pt/c1-68(2,3)43-45-36-46(38-49(37-45)71(10,11)12)53-25-18-26-60-61-39-47(69(4,5)6)30-32-56(61)54-22-13-14-23-55(54)59-27-19-29-63-67(59)74(66(53)60)44-73(63)50-20-17-21-51(41-50)76-52-31-33-58-57-24-15-16-28-62(57)75(64(58)42-52)65-40-48(34-35-72-65)70(7,8)9;/h13-40,44H,43H2,1-12H3;/q-3;/i43D2;. The predicted octanol–water partition coefficient (Wildman–Crippen LogP) is 19.4. The molecule has 3 aromatic heterocycles. The monoisotopic (exact) mass is 1190 g/mol. The van der Waals surface area contributed by atoms with Crippen LogP contribution in [0, 0.1) is 24.2 Å². The summed E-state index contributed by atoms with van der Waals surface area (Å²) < 4.78 is 30.7. The molecule has 0 fully saturated rings. The van der Waals surface area contributed by atoms with Crippen LogP contribution in [0.5, 0.6) is 11.5 Å². The summed E-state index contributed by atoms with van der Waals surface area (Å²) in [6.45, 7) is 28.3. The molecule has 8 aromatic carbocycles. The molecule has 77 heavy (non-hydrogen) atoms. The molecule has 0 saturated carbocycles. The Labute approximate surface area is 471 Å². The molecule has 0 amide bonds. The molecule has 1 aliphatic rings. The van der Waals surface area contributed by atoms with E-state index in [1.807, 2.05) is 45.2 Å². The van der Waals surface area contributed by atoms with Crippen LogP contribution < -0.4 is 9.64 Å². The van der Waals surface area contributed by atoms with Crippen molar-refractivity contribution in [2.45, 2.75) is 106 Å². The summed E-state index contributed by atoms with van der Waals surface area (Å²) in [5.41, 5.74) is 10.9. The van der Waals surface area contributed by atoms with Crippen molar-refractivity contribution in [1.29, 1.82) is 0 Å². The van der Waals surface area contributed by atoms with Crippen molar-refractivity contribution >= 4 is 76.5 Å². The van der Waals surface area contributed by atoms with Gasteiger partial charge in [0, 0.05) is 52.7 Å². The summed E-state index contributed by atoms with van der Waals surface area (Å²) in [6.07, 6.45) is 0.270. The summed E-state index contributed by atoms with van der Waals surface area (Å²) >= 11 is 0. The Balaban J connectivity index is 0.00000660. The molecule has 12 rings (SSSR count). The Hall–Kier alpha value is -7.33. The molecule has 5 nitrogen and oxygen atoms in total. The Morgan fingerprint density at radius 3 is 1.86 bits per heavy atom. The normalized spacial score (nSPS) is 13.5. The third kappa shape index (κ3) is 9.45. The maximum Gasteiger partial charge on any atom is 0.135 e. The maximum atomic E-state index is 9.66. The van der Waals surface area contributed by atoms with Crippen LogP contribution in [0.4, 0.5) is 11.4 Å². The molecular weight excluding hydrogens is 1120 g/mol. The molecule has 390 valence electrons. The van der Waals surface area contributed by atoms with E-state index in [0.29, 0.717) is 17.1 Å². The molecule has 0 bridgehead atoms. The first kappa shape index (κ1) is 49.3. The maximum absolute atomic E-state index is 9.66. The molecule has 11 aromatic rings. The molecule has 0 N–H and O–H groups in total. The molecule has 0 saturated heterocycles. The van der Waals surface area contributed by atoms with E-state index >= 15 is 0 Å². The SMILES string of the molecule is [2H]C([2H])(c1cc(-c2cccc3c4cc(C(C)(C)C)ccc4c4ccccc4c4cccc5c4n(c23)[CH-]N5c2[c-]c(Oc3[c-]c4c(cc3)c3ccccc3n4-c3cc(C(C)(C)C)ccn3)ccc2)cc(C(C)(C)C)c1)C(C)(C)C.[Pt]. The van der Waals surface area contributed by atoms with Crippen molar-refractivity contribution in [3.05, 3.63) is 211 Å². The van der Waals surface area contributed by atoms with E-state index < -0.39 is 11.8 Å². The molecule has 0 atom stereocenters. The average Bonchev–Trinajstić information content (AvgIpc) is 4.14. The Bertz CT molecular complexity index is 4310. The largest absolute Gasteiger partial charge is 0.509 e. The predicted molar refractivity (Wildman–Crippen MR) is 321 cm³/mol. The molecule has 0 spiro atoms. The van der Waals surface area contributed by atoms with E-state index in [4.69, 9.17) is 9.72 Å². The average molecular weight is 1190 g/mol. The van der Waals surface area contributed by atoms with E-state index in [-0.39, 0.29) is 37.3 Å². The van der Waals surface area contributed by atoms with Crippen LogP contribution in [0.1, 0.15) is 108 Å². The van der Waals surface area contributed by atoms with Crippen molar-refractivity contribution in [2.75, 3.05) is 4.90 Å². The van der Waals surface area contributed by atoms with Crippen molar-refractivity contribution < 1.29 is 28.5 Å². The van der Waals surface area contributed by atoms with Crippen LogP contribution in [0.25, 0.3) is 82.1 Å². The number of nitrogens with zero attached hydrogens (tertiary/aromatic N) is 4. The smallest absolute Gasteiger partial charge is 0.135 e. The molecule has 0 unspecified atom stereocenters. The molecule has 4 heterocycles. The van der Waals surface area contributed by atoms with Gasteiger partial charge in [-0.05, 0) is 141 Å². The first-order valence-corrected chi connectivity index (χ1v) is 26.7. The van der Waals surface area contributed by atoms with Crippen LogP contribution >= 0.6 is 0 Å². The minimum absolute atomic E-state index is 0. The van der Waals surface area contributed by atoms with Gasteiger partial charge < -0.3 is 18.8 Å². The Morgan fingerprint density at radius 2 is 1.13 bits per heavy atom. The topological polar surface area (TPSA) is 35.2 Å². The summed E-state index contributed by atoms with van der Waals surface area (Å²) in [5.74, 6) is 1.96. The van der Waals surface area contributed by atoms with Crippen LogP contribution in [0.2, 0.25) is 0 Å². The fraction of sp³-hybridized carbons (Fsp3) is 0.239. The summed E-state index contributed by atoms with van der Waals surface area (Å²) in [4.78, 5) is 7.13. The number of para-hydroxylation sites is 3. The zero-order valence-electron chi connectivity index (χ0n) is 48.3. The van der Waals surface area contributed by atoms with Crippen LogP contribution in [0.3, 0.4) is 0 Å². The van der Waals surface area contributed by atoms with Gasteiger partial charge in [-0.2, -0.15) is 12.1 Å². The van der Waals surface area contributed by atoms with Crippen molar-refractivity contribution in [2.24, 2.45) is 5.41 Å². The van der Waals surface area contributed by atoms with Gasteiger partial charge in [0.1, 0.15) is 5.82 Å². The first-order chi connectivity index (χ1) is 37.0. The second kappa shape index (κ2) is 19.0. The number of ether oxygens (including phenoxy) is 1. The van der Waals surface area contributed by atoms with Gasteiger partial charge in [-0.25, -0.2) is 4.98 Å². The van der Waals surface area contributed by atoms with Crippen LogP contribution in [-0.2, 0) is 43.7 Å². The third-order valence-electron chi connectivity index (χ3n) is 15.0. The minimum atomic E-state index is -1.63. The van der Waals surface area contributed by atoms with E-state index in [1.54, 1.807) is 0 Å². The van der Waals surface area contributed by atoms with Gasteiger partial charge in [-0.3, -0.25) is 0 Å². The number of benzene rings is 8. The van der Waals surface area contributed by atoms with Crippen molar-refractivity contribution in [1.82, 2.24) is 14.1 Å². The van der Waals surface area contributed by atoms with Gasteiger partial charge >= 0.3 is 0 Å². The van der Waals surface area contributed by atoms with E-state index in [2.05, 4.69) is 241 Å². The van der Waals surface area contributed by atoms with E-state index in [9.17, 15) is 2.74 Å². The quantitative estimate of drug-likeness (QED) is 0.156. The van der Waals surface area contributed by atoms with Gasteiger partial charge in [0.2, 0.25) is 0 Å². The number of rotatable bonds is 6. The Morgan fingerprint density at radius 1 is 0.519 bits per heavy atom. The van der Waals surface area contributed by atoms with Gasteiger partial charge in [0.15, 0.2) is 0 Å². The van der Waals surface area contributed by atoms with Crippen LogP contribution in [-0.4, -0.2) is 14.1 Å². The first-order valence-electron chi connectivity index (χ1n) is 27.7. The fourth-order valence-electron chi connectivity index (χ4n) is 11.1. The zero-order valence-corrected chi connectivity index (χ0v) is 48.5. The molecule has 6 heteroatoms. The number of aromatic nitrogens is 3.